The van der Waals surface area contributed by atoms with E-state index >= 15 is 0 Å². The molecule has 2 rings (SSSR count). The lowest BCUT2D eigenvalue weighted by atomic mass is 10.1. The molecule has 0 spiro atoms. The minimum Gasteiger partial charge on any atom is -0.445 e. The zero-order valence-electron chi connectivity index (χ0n) is 10.5. The highest BCUT2D eigenvalue weighted by atomic mass is 35.5. The highest BCUT2D eigenvalue weighted by molar-refractivity contribution is 6.35. The first kappa shape index (κ1) is 14.3. The van der Waals surface area contributed by atoms with Crippen LogP contribution in [0.3, 0.4) is 0 Å². The quantitative estimate of drug-likeness (QED) is 0.857. The molecule has 3 nitrogen and oxygen atoms in total. The van der Waals surface area contributed by atoms with Crippen LogP contribution < -0.4 is 5.32 Å². The third kappa shape index (κ3) is 3.47. The number of aromatic nitrogens is 1. The van der Waals surface area contributed by atoms with Crippen molar-refractivity contribution in [3.05, 3.63) is 51.4 Å². The van der Waals surface area contributed by atoms with Gasteiger partial charge in [0.25, 0.3) is 0 Å². The van der Waals surface area contributed by atoms with E-state index in [0.29, 0.717) is 23.0 Å². The molecule has 0 aliphatic heterocycles. The van der Waals surface area contributed by atoms with Crippen molar-refractivity contribution >= 4 is 23.2 Å². The number of rotatable bonds is 4. The molecule has 102 valence electrons. The second kappa shape index (κ2) is 5.90. The van der Waals surface area contributed by atoms with Gasteiger partial charge in [-0.25, -0.2) is 9.37 Å². The fourth-order valence-electron chi connectivity index (χ4n) is 1.70. The predicted molar refractivity (Wildman–Crippen MR) is 72.9 cm³/mol. The summed E-state index contributed by atoms with van der Waals surface area (Å²) in [6.45, 7) is 4.14. The van der Waals surface area contributed by atoms with Crippen LogP contribution in [0.2, 0.25) is 10.0 Å². The molecule has 0 fully saturated rings. The molecule has 19 heavy (non-hydrogen) atoms. The molecule has 1 heterocycles. The first-order valence-electron chi connectivity index (χ1n) is 5.76. The molecule has 1 aromatic heterocycles. The van der Waals surface area contributed by atoms with Crippen LogP contribution in [0.25, 0.3) is 0 Å². The van der Waals surface area contributed by atoms with Crippen molar-refractivity contribution < 1.29 is 8.81 Å². The third-order valence-corrected chi connectivity index (χ3v) is 3.35. The summed E-state index contributed by atoms with van der Waals surface area (Å²) < 4.78 is 18.8. The van der Waals surface area contributed by atoms with E-state index in [-0.39, 0.29) is 11.1 Å². The Bertz CT molecular complexity index is 586. The lowest BCUT2D eigenvalue weighted by Gasteiger charge is -2.15. The number of nitrogens with zero attached hydrogens (tertiary/aromatic N) is 1. The molecule has 1 N–H and O–H groups in total. The van der Waals surface area contributed by atoms with Crippen molar-refractivity contribution in [1.29, 1.82) is 0 Å². The van der Waals surface area contributed by atoms with Crippen LogP contribution in [0.4, 0.5) is 4.39 Å². The van der Waals surface area contributed by atoms with Gasteiger partial charge in [0.05, 0.1) is 17.8 Å². The minimum absolute atomic E-state index is 0.0178. The zero-order chi connectivity index (χ0) is 14.0. The molecule has 0 radical (unpaired) electrons. The van der Waals surface area contributed by atoms with Crippen LogP contribution in [0.1, 0.15) is 30.2 Å². The number of hydrogen-bond acceptors (Lipinski definition) is 3. The van der Waals surface area contributed by atoms with Crippen LogP contribution in [-0.2, 0) is 6.54 Å². The summed E-state index contributed by atoms with van der Waals surface area (Å²) in [6.07, 6.45) is 1.65. The average molecular weight is 303 g/mol. The summed E-state index contributed by atoms with van der Waals surface area (Å²) in [6, 6.07) is 2.59. The average Bonchev–Trinajstić information content (AvgIpc) is 2.77. The second-order valence-electron chi connectivity index (χ2n) is 4.26. The molecule has 1 aromatic carbocycles. The van der Waals surface area contributed by atoms with E-state index in [9.17, 15) is 4.39 Å². The molecule has 0 aliphatic rings. The number of nitrogens with one attached hydrogen (secondary N) is 1. The fourth-order valence-corrected chi connectivity index (χ4v) is 2.25. The molecular weight excluding hydrogens is 290 g/mol. The highest BCUT2D eigenvalue weighted by Gasteiger charge is 2.14. The molecule has 0 amide bonds. The first-order valence-corrected chi connectivity index (χ1v) is 6.52. The molecule has 0 aliphatic carbocycles. The summed E-state index contributed by atoms with van der Waals surface area (Å²) in [7, 11) is 0. The lowest BCUT2D eigenvalue weighted by Crippen LogP contribution is -2.18. The molecular formula is C13H13Cl2FN2O. The fraction of sp³-hybridized carbons (Fsp3) is 0.308. The van der Waals surface area contributed by atoms with Gasteiger partial charge in [0.2, 0.25) is 5.89 Å². The first-order chi connectivity index (χ1) is 8.97. The lowest BCUT2D eigenvalue weighted by molar-refractivity contribution is 0.432. The van der Waals surface area contributed by atoms with Gasteiger partial charge in [0.1, 0.15) is 11.6 Å². The van der Waals surface area contributed by atoms with Gasteiger partial charge in [-0.05, 0) is 31.5 Å². The van der Waals surface area contributed by atoms with Gasteiger partial charge in [0, 0.05) is 11.1 Å². The molecule has 6 heteroatoms. The Morgan fingerprint density at radius 1 is 1.37 bits per heavy atom. The van der Waals surface area contributed by atoms with Gasteiger partial charge in [-0.3, -0.25) is 0 Å². The van der Waals surface area contributed by atoms with E-state index in [1.807, 2.05) is 13.8 Å². The predicted octanol–water partition coefficient (Wildman–Crippen LogP) is 4.28. The number of halogens is 3. The van der Waals surface area contributed by atoms with E-state index in [2.05, 4.69) is 10.3 Å². The Hall–Kier alpha value is -1.10. The number of benzene rings is 1. The Morgan fingerprint density at radius 2 is 2.11 bits per heavy atom. The normalized spacial score (nSPS) is 12.7. The standard InChI is InChI=1S/C13H13Cl2FN2O/c1-7-5-18-13(19-7)6-17-8(2)9-3-12(16)11(15)4-10(9)14/h3-5,8,17H,6H2,1-2H3. The van der Waals surface area contributed by atoms with Crippen molar-refractivity contribution in [1.82, 2.24) is 10.3 Å². The maximum absolute atomic E-state index is 13.4. The third-order valence-electron chi connectivity index (χ3n) is 2.73. The molecule has 0 saturated heterocycles. The van der Waals surface area contributed by atoms with Crippen molar-refractivity contribution in [3.8, 4) is 0 Å². The monoisotopic (exact) mass is 302 g/mol. The SMILES string of the molecule is Cc1cnc(CNC(C)c2cc(F)c(Cl)cc2Cl)o1. The number of oxazole rings is 1. The van der Waals surface area contributed by atoms with Crippen LogP contribution >= 0.6 is 23.2 Å². The molecule has 0 bridgehead atoms. The second-order valence-corrected chi connectivity index (χ2v) is 5.07. The van der Waals surface area contributed by atoms with E-state index in [1.165, 1.54) is 12.1 Å². The van der Waals surface area contributed by atoms with Crippen molar-refractivity contribution in [2.75, 3.05) is 0 Å². The van der Waals surface area contributed by atoms with Crippen LogP contribution in [0.15, 0.2) is 22.7 Å². The number of hydrogen-bond donors (Lipinski definition) is 1. The summed E-state index contributed by atoms with van der Waals surface area (Å²) in [4.78, 5) is 4.08. The maximum Gasteiger partial charge on any atom is 0.208 e. The molecule has 0 saturated carbocycles. The van der Waals surface area contributed by atoms with Gasteiger partial charge >= 0.3 is 0 Å². The topological polar surface area (TPSA) is 38.1 Å². The van der Waals surface area contributed by atoms with Gasteiger partial charge in [-0.15, -0.1) is 0 Å². The van der Waals surface area contributed by atoms with Crippen molar-refractivity contribution in [2.45, 2.75) is 26.4 Å². The largest absolute Gasteiger partial charge is 0.445 e. The Labute approximate surface area is 120 Å². The van der Waals surface area contributed by atoms with Crippen LogP contribution in [0, 0.1) is 12.7 Å². The Balaban J connectivity index is 2.07. The summed E-state index contributed by atoms with van der Waals surface area (Å²) in [5, 5.41) is 3.61. The number of aryl methyl sites for hydroxylation is 1. The summed E-state index contributed by atoms with van der Waals surface area (Å²) >= 11 is 11.7. The molecule has 1 atom stereocenters. The van der Waals surface area contributed by atoms with E-state index < -0.39 is 5.82 Å². The van der Waals surface area contributed by atoms with E-state index in [1.54, 1.807) is 6.20 Å². The zero-order valence-corrected chi connectivity index (χ0v) is 12.0. The van der Waals surface area contributed by atoms with Gasteiger partial charge in [0.15, 0.2) is 0 Å². The van der Waals surface area contributed by atoms with Gasteiger partial charge < -0.3 is 9.73 Å². The van der Waals surface area contributed by atoms with Gasteiger partial charge in [-0.1, -0.05) is 23.2 Å². The summed E-state index contributed by atoms with van der Waals surface area (Å²) in [5.74, 6) is 0.844. The molecule has 1 unspecified atom stereocenters. The van der Waals surface area contributed by atoms with E-state index in [4.69, 9.17) is 27.6 Å². The minimum atomic E-state index is -0.485. The Morgan fingerprint density at radius 3 is 2.74 bits per heavy atom. The molecule has 2 aromatic rings. The van der Waals surface area contributed by atoms with Crippen molar-refractivity contribution in [3.63, 3.8) is 0 Å². The van der Waals surface area contributed by atoms with E-state index in [0.717, 1.165) is 5.76 Å². The van der Waals surface area contributed by atoms with Crippen LogP contribution in [0.5, 0.6) is 0 Å². The van der Waals surface area contributed by atoms with Gasteiger partial charge in [-0.2, -0.15) is 0 Å². The highest BCUT2D eigenvalue weighted by Crippen LogP contribution is 2.28. The van der Waals surface area contributed by atoms with Crippen LogP contribution in [-0.4, -0.2) is 4.98 Å². The van der Waals surface area contributed by atoms with Crippen molar-refractivity contribution in [2.24, 2.45) is 0 Å². The maximum atomic E-state index is 13.4. The summed E-state index contributed by atoms with van der Waals surface area (Å²) in [5.41, 5.74) is 0.645. The Kier molecular flexibility index (Phi) is 4.45. The smallest absolute Gasteiger partial charge is 0.208 e.